The molecule has 0 fully saturated rings. The minimum absolute atomic E-state index is 0.261. The van der Waals surface area contributed by atoms with Crippen molar-refractivity contribution in [1.29, 1.82) is 0 Å². The van der Waals surface area contributed by atoms with E-state index >= 15 is 0 Å². The summed E-state index contributed by atoms with van der Waals surface area (Å²) in [5.41, 5.74) is 0.261. The van der Waals surface area contributed by atoms with Crippen LogP contribution < -0.4 is 0 Å². The van der Waals surface area contributed by atoms with Gasteiger partial charge in [-0.1, -0.05) is 0 Å². The summed E-state index contributed by atoms with van der Waals surface area (Å²) in [5, 5.41) is 0. The Morgan fingerprint density at radius 1 is 1.31 bits per heavy atom. The predicted molar refractivity (Wildman–Crippen MR) is 52.4 cm³/mol. The molecule has 0 saturated heterocycles. The van der Waals surface area contributed by atoms with Gasteiger partial charge in [-0.25, -0.2) is 4.98 Å². The summed E-state index contributed by atoms with van der Waals surface area (Å²) >= 11 is 0. The Kier molecular flexibility index (Phi) is 1.91. The van der Waals surface area contributed by atoms with Gasteiger partial charge in [0.05, 0.1) is 6.54 Å². The van der Waals surface area contributed by atoms with Crippen molar-refractivity contribution in [2.24, 2.45) is 0 Å². The van der Waals surface area contributed by atoms with Crippen LogP contribution >= 0.6 is 0 Å². The fraction of sp³-hybridized carbons (Fsp3) is 0.700. The van der Waals surface area contributed by atoms with Gasteiger partial charge in [0.1, 0.15) is 5.82 Å². The fourth-order valence-corrected chi connectivity index (χ4v) is 1.75. The van der Waals surface area contributed by atoms with Gasteiger partial charge in [-0.2, -0.15) is 0 Å². The zero-order valence-corrected chi connectivity index (χ0v) is 8.62. The maximum Gasteiger partial charge on any atom is 0.122 e. The summed E-state index contributed by atoms with van der Waals surface area (Å²) in [7, 11) is 0. The molecule has 1 aromatic rings. The number of imidazole rings is 1. The maximum atomic E-state index is 4.34. The molecule has 13 heavy (non-hydrogen) atoms. The van der Waals surface area contributed by atoms with Gasteiger partial charge >= 0.3 is 0 Å². The Morgan fingerprint density at radius 3 is 2.77 bits per heavy atom. The van der Waals surface area contributed by atoms with Crippen molar-refractivity contribution in [1.82, 2.24) is 14.5 Å². The van der Waals surface area contributed by atoms with Crippen molar-refractivity contribution in [2.45, 2.75) is 39.4 Å². The number of hydrogen-bond donors (Lipinski definition) is 0. The Bertz CT molecular complexity index is 295. The van der Waals surface area contributed by atoms with Crippen molar-refractivity contribution in [3.63, 3.8) is 0 Å². The van der Waals surface area contributed by atoms with E-state index in [9.17, 15) is 0 Å². The third kappa shape index (κ3) is 1.61. The van der Waals surface area contributed by atoms with Crippen LogP contribution in [0.15, 0.2) is 12.4 Å². The molecule has 2 heterocycles. The Balaban J connectivity index is 2.18. The molecule has 1 aliphatic heterocycles. The molecule has 0 bridgehead atoms. The van der Waals surface area contributed by atoms with Gasteiger partial charge in [-0.15, -0.1) is 0 Å². The summed E-state index contributed by atoms with van der Waals surface area (Å²) < 4.78 is 2.24. The SMILES string of the molecule is CC(C)(C)N1CCn2ccnc2C1. The third-order valence-corrected chi connectivity index (χ3v) is 2.69. The number of rotatable bonds is 0. The first kappa shape index (κ1) is 8.75. The molecule has 1 aromatic heterocycles. The summed E-state index contributed by atoms with van der Waals surface area (Å²) in [4.78, 5) is 6.81. The second-order valence-electron chi connectivity index (χ2n) is 4.63. The highest BCUT2D eigenvalue weighted by atomic mass is 15.3. The lowest BCUT2D eigenvalue weighted by Gasteiger charge is -2.38. The van der Waals surface area contributed by atoms with Gasteiger partial charge in [0.15, 0.2) is 0 Å². The third-order valence-electron chi connectivity index (χ3n) is 2.69. The van der Waals surface area contributed by atoms with Gasteiger partial charge < -0.3 is 4.57 Å². The minimum Gasteiger partial charge on any atom is -0.333 e. The normalized spacial score (nSPS) is 18.7. The first-order chi connectivity index (χ1) is 6.07. The lowest BCUT2D eigenvalue weighted by Crippen LogP contribution is -2.45. The van der Waals surface area contributed by atoms with E-state index < -0.39 is 0 Å². The monoisotopic (exact) mass is 179 g/mol. The first-order valence-electron chi connectivity index (χ1n) is 4.82. The molecule has 0 unspecified atom stereocenters. The van der Waals surface area contributed by atoms with E-state index in [0.717, 1.165) is 19.6 Å². The largest absolute Gasteiger partial charge is 0.333 e. The smallest absolute Gasteiger partial charge is 0.122 e. The topological polar surface area (TPSA) is 21.1 Å². The van der Waals surface area contributed by atoms with E-state index in [-0.39, 0.29) is 5.54 Å². The van der Waals surface area contributed by atoms with Gasteiger partial charge in [0.25, 0.3) is 0 Å². The molecule has 2 rings (SSSR count). The number of fused-ring (bicyclic) bond motifs is 1. The Morgan fingerprint density at radius 2 is 2.08 bits per heavy atom. The number of aromatic nitrogens is 2. The summed E-state index contributed by atoms with van der Waals surface area (Å²) in [5.74, 6) is 1.20. The molecule has 0 spiro atoms. The Hall–Kier alpha value is -0.830. The van der Waals surface area contributed by atoms with Crippen LogP contribution in [-0.2, 0) is 13.1 Å². The minimum atomic E-state index is 0.261. The molecule has 1 aliphatic rings. The molecule has 72 valence electrons. The van der Waals surface area contributed by atoms with E-state index in [2.05, 4.69) is 41.4 Å². The average molecular weight is 179 g/mol. The van der Waals surface area contributed by atoms with E-state index in [1.807, 2.05) is 6.20 Å². The summed E-state index contributed by atoms with van der Waals surface area (Å²) in [6, 6.07) is 0. The van der Waals surface area contributed by atoms with Crippen LogP contribution in [0.25, 0.3) is 0 Å². The first-order valence-corrected chi connectivity index (χ1v) is 4.82. The van der Waals surface area contributed by atoms with E-state index in [4.69, 9.17) is 0 Å². The quantitative estimate of drug-likeness (QED) is 0.601. The molecule has 0 radical (unpaired) electrons. The molecule has 0 aromatic carbocycles. The molecule has 0 atom stereocenters. The zero-order valence-electron chi connectivity index (χ0n) is 8.62. The highest BCUT2D eigenvalue weighted by Crippen LogP contribution is 2.19. The van der Waals surface area contributed by atoms with Gasteiger partial charge in [0, 0.05) is 31.0 Å². The van der Waals surface area contributed by atoms with Crippen LogP contribution in [0, 0.1) is 0 Å². The fourth-order valence-electron chi connectivity index (χ4n) is 1.75. The zero-order chi connectivity index (χ0) is 9.47. The van der Waals surface area contributed by atoms with Crippen molar-refractivity contribution in [3.05, 3.63) is 18.2 Å². The molecular weight excluding hydrogens is 162 g/mol. The van der Waals surface area contributed by atoms with Gasteiger partial charge in [0.2, 0.25) is 0 Å². The van der Waals surface area contributed by atoms with Crippen LogP contribution in [-0.4, -0.2) is 26.5 Å². The highest BCUT2D eigenvalue weighted by Gasteiger charge is 2.25. The molecular formula is C10H17N3. The van der Waals surface area contributed by atoms with Crippen molar-refractivity contribution >= 4 is 0 Å². The van der Waals surface area contributed by atoms with Gasteiger partial charge in [-0.05, 0) is 20.8 Å². The summed E-state index contributed by atoms with van der Waals surface area (Å²) in [6.45, 7) is 9.96. The molecule has 0 saturated carbocycles. The Labute approximate surface area is 79.4 Å². The second-order valence-corrected chi connectivity index (χ2v) is 4.63. The van der Waals surface area contributed by atoms with Crippen LogP contribution in [0.3, 0.4) is 0 Å². The van der Waals surface area contributed by atoms with E-state index in [1.165, 1.54) is 5.82 Å². The van der Waals surface area contributed by atoms with Crippen molar-refractivity contribution in [2.75, 3.05) is 6.54 Å². The lowest BCUT2D eigenvalue weighted by atomic mass is 10.1. The van der Waals surface area contributed by atoms with Crippen LogP contribution in [0.5, 0.6) is 0 Å². The average Bonchev–Trinajstić information content (AvgIpc) is 2.47. The molecule has 0 amide bonds. The number of nitrogens with zero attached hydrogens (tertiary/aromatic N) is 3. The molecule has 3 heteroatoms. The molecule has 3 nitrogen and oxygen atoms in total. The molecule has 0 aliphatic carbocycles. The molecule has 0 N–H and O–H groups in total. The van der Waals surface area contributed by atoms with Crippen molar-refractivity contribution < 1.29 is 0 Å². The standard InChI is InChI=1S/C10H17N3/c1-10(2,3)13-7-6-12-5-4-11-9(12)8-13/h4-5H,6-8H2,1-3H3. The predicted octanol–water partition coefficient (Wildman–Crippen LogP) is 1.50. The second kappa shape index (κ2) is 2.84. The number of hydrogen-bond acceptors (Lipinski definition) is 2. The summed E-state index contributed by atoms with van der Waals surface area (Å²) in [6.07, 6.45) is 3.96. The van der Waals surface area contributed by atoms with E-state index in [0.29, 0.717) is 0 Å². The van der Waals surface area contributed by atoms with Crippen molar-refractivity contribution in [3.8, 4) is 0 Å². The lowest BCUT2D eigenvalue weighted by molar-refractivity contribution is 0.100. The maximum absolute atomic E-state index is 4.34. The highest BCUT2D eigenvalue weighted by molar-refractivity contribution is 4.97. The van der Waals surface area contributed by atoms with Crippen LogP contribution in [0.4, 0.5) is 0 Å². The van der Waals surface area contributed by atoms with E-state index in [1.54, 1.807) is 0 Å². The van der Waals surface area contributed by atoms with Gasteiger partial charge in [-0.3, -0.25) is 4.90 Å². The van der Waals surface area contributed by atoms with Crippen LogP contribution in [0.1, 0.15) is 26.6 Å². The van der Waals surface area contributed by atoms with Crippen LogP contribution in [0.2, 0.25) is 0 Å².